The Hall–Kier alpha value is -1.53. The average molecular weight is 539 g/mol. The van der Waals surface area contributed by atoms with Crippen LogP contribution in [0.2, 0.25) is 0 Å². The molecule has 4 fully saturated rings. The molecule has 4 saturated heterocycles. The van der Waals surface area contributed by atoms with Crippen LogP contribution >= 0.6 is 35.9 Å². The number of carboxylic acids is 1. The van der Waals surface area contributed by atoms with Crippen molar-refractivity contribution in [1.82, 2.24) is 21.3 Å². The highest BCUT2D eigenvalue weighted by Crippen LogP contribution is 2.34. The standard InChI is InChI=1S/C11H18N2O3S.C10H16N2O3S.ClH/c1-16-9(14)5-3-2-4-8-10-7(6-17-8)12-11(15)13-10;13-8(14)4-2-1-3-7-9-6(5-16-7)11-10(15)12-9;/h7-8,10H,2-6H2,1H3,(H2,12,13,15);6-7,9H,1-5H2,(H,13,14)(H2,11,12,15);1H/t7-,8-,10-;6-,7-,9-;/m00./s1. The molecule has 0 aromatic carbocycles. The van der Waals surface area contributed by atoms with Crippen LogP contribution in [-0.2, 0) is 14.3 Å². The van der Waals surface area contributed by atoms with E-state index in [1.165, 1.54) is 7.11 Å². The van der Waals surface area contributed by atoms with E-state index in [-0.39, 0.29) is 61.0 Å². The van der Waals surface area contributed by atoms with Gasteiger partial charge in [-0.15, -0.1) is 12.4 Å². The Kier molecular flexibility index (Phi) is 11.9. The molecule has 0 bridgehead atoms. The monoisotopic (exact) mass is 538 g/mol. The van der Waals surface area contributed by atoms with Gasteiger partial charge >= 0.3 is 24.0 Å². The zero-order valence-electron chi connectivity index (χ0n) is 19.2. The highest BCUT2D eigenvalue weighted by Gasteiger charge is 2.43. The summed E-state index contributed by atoms with van der Waals surface area (Å²) in [5.74, 6) is 1.09. The highest BCUT2D eigenvalue weighted by atomic mass is 35.5. The number of amides is 4. The molecule has 0 aromatic heterocycles. The Balaban J connectivity index is 0.000000234. The van der Waals surface area contributed by atoms with Crippen molar-refractivity contribution in [3.63, 3.8) is 0 Å². The Labute approximate surface area is 214 Å². The summed E-state index contributed by atoms with van der Waals surface area (Å²) in [6.07, 6.45) is 6.29. The first-order chi connectivity index (χ1) is 15.9. The van der Waals surface area contributed by atoms with Crippen LogP contribution < -0.4 is 21.3 Å². The van der Waals surface area contributed by atoms with Crippen molar-refractivity contribution in [2.75, 3.05) is 18.6 Å². The molecule has 4 rings (SSSR count). The predicted molar refractivity (Wildman–Crippen MR) is 135 cm³/mol. The van der Waals surface area contributed by atoms with E-state index in [9.17, 15) is 19.2 Å². The second kappa shape index (κ2) is 14.1. The van der Waals surface area contributed by atoms with Gasteiger partial charge < -0.3 is 31.1 Å². The smallest absolute Gasteiger partial charge is 0.315 e. The van der Waals surface area contributed by atoms with E-state index in [2.05, 4.69) is 26.0 Å². The summed E-state index contributed by atoms with van der Waals surface area (Å²) in [5, 5.41) is 21.1. The van der Waals surface area contributed by atoms with Gasteiger partial charge in [0.25, 0.3) is 0 Å². The number of rotatable bonds is 10. The van der Waals surface area contributed by atoms with Crippen molar-refractivity contribution < 1.29 is 29.0 Å². The molecule has 194 valence electrons. The molecule has 10 nitrogen and oxygen atoms in total. The van der Waals surface area contributed by atoms with Gasteiger partial charge in [-0.25, -0.2) is 9.59 Å². The lowest BCUT2D eigenvalue weighted by Gasteiger charge is -2.16. The molecule has 4 amide bonds. The van der Waals surface area contributed by atoms with Crippen LogP contribution in [-0.4, -0.2) is 82.4 Å². The fraction of sp³-hybridized carbons (Fsp3) is 0.810. The maximum absolute atomic E-state index is 11.2. The molecule has 6 atom stereocenters. The lowest BCUT2D eigenvalue weighted by atomic mass is 10.0. The SMILES string of the molecule is COC(=O)CCCC[C@@H]1SC[C@@H]2NC(=O)N[C@@H]21.Cl.O=C(O)CCCC[C@@H]1SC[C@@H]2NC(=O)N[C@@H]21. The third-order valence-electron chi connectivity index (χ3n) is 6.35. The lowest BCUT2D eigenvalue weighted by molar-refractivity contribution is -0.141. The minimum absolute atomic E-state index is 0. The zero-order chi connectivity index (χ0) is 23.8. The van der Waals surface area contributed by atoms with E-state index in [4.69, 9.17) is 5.11 Å². The third kappa shape index (κ3) is 8.30. The quantitative estimate of drug-likeness (QED) is 0.161. The number of carbonyl (C=O) groups is 4. The molecular weight excluding hydrogens is 504 g/mol. The Morgan fingerprint density at radius 1 is 0.853 bits per heavy atom. The number of ether oxygens (including phenoxy) is 1. The molecule has 5 N–H and O–H groups in total. The maximum atomic E-state index is 11.2. The van der Waals surface area contributed by atoms with Gasteiger partial charge in [0.15, 0.2) is 0 Å². The third-order valence-corrected chi connectivity index (χ3v) is 9.37. The van der Waals surface area contributed by atoms with Crippen molar-refractivity contribution in [3.05, 3.63) is 0 Å². The van der Waals surface area contributed by atoms with Gasteiger partial charge in [0.1, 0.15) is 0 Å². The predicted octanol–water partition coefficient (Wildman–Crippen LogP) is 2.10. The van der Waals surface area contributed by atoms with Crippen molar-refractivity contribution in [1.29, 1.82) is 0 Å². The molecule has 0 unspecified atom stereocenters. The van der Waals surface area contributed by atoms with E-state index in [1.807, 2.05) is 23.5 Å². The van der Waals surface area contributed by atoms with Crippen LogP contribution in [0.5, 0.6) is 0 Å². The number of hydrogen-bond acceptors (Lipinski definition) is 7. The Morgan fingerprint density at radius 2 is 1.32 bits per heavy atom. The molecular formula is C21H35ClN4O6S2. The van der Waals surface area contributed by atoms with Crippen LogP contribution in [0.4, 0.5) is 9.59 Å². The summed E-state index contributed by atoms with van der Waals surface area (Å²) >= 11 is 3.78. The van der Waals surface area contributed by atoms with Gasteiger partial charge in [-0.3, -0.25) is 9.59 Å². The van der Waals surface area contributed by atoms with E-state index < -0.39 is 5.97 Å². The highest BCUT2D eigenvalue weighted by molar-refractivity contribution is 8.00. The summed E-state index contributed by atoms with van der Waals surface area (Å²) in [4.78, 5) is 43.6. The molecule has 0 aromatic rings. The van der Waals surface area contributed by atoms with Crippen LogP contribution in [0, 0.1) is 0 Å². The molecule has 0 radical (unpaired) electrons. The number of thioether (sulfide) groups is 2. The largest absolute Gasteiger partial charge is 0.481 e. The van der Waals surface area contributed by atoms with Crippen molar-refractivity contribution in [2.24, 2.45) is 0 Å². The van der Waals surface area contributed by atoms with Gasteiger partial charge in [0, 0.05) is 34.8 Å². The molecule has 4 heterocycles. The molecule has 4 aliphatic rings. The summed E-state index contributed by atoms with van der Waals surface area (Å²) in [7, 11) is 1.42. The molecule has 34 heavy (non-hydrogen) atoms. The number of unbranched alkanes of at least 4 members (excludes halogenated alkanes) is 2. The van der Waals surface area contributed by atoms with E-state index in [0.717, 1.165) is 50.0 Å². The van der Waals surface area contributed by atoms with Gasteiger partial charge in [-0.05, 0) is 25.7 Å². The minimum atomic E-state index is -0.729. The number of carboxylic acid groups (broad SMARTS) is 1. The first kappa shape index (κ1) is 28.7. The number of carbonyl (C=O) groups excluding carboxylic acids is 3. The summed E-state index contributed by atoms with van der Waals surface area (Å²) < 4.78 is 4.59. The van der Waals surface area contributed by atoms with Gasteiger partial charge in [-0.1, -0.05) is 12.8 Å². The number of methoxy groups -OCH3 is 1. The zero-order valence-corrected chi connectivity index (χ0v) is 21.7. The normalized spacial score (nSPS) is 30.4. The molecule has 0 saturated carbocycles. The summed E-state index contributed by atoms with van der Waals surface area (Å²) in [5.41, 5.74) is 0. The molecule has 13 heteroatoms. The Morgan fingerprint density at radius 3 is 1.76 bits per heavy atom. The average Bonchev–Trinajstić information content (AvgIpc) is 3.51. The number of esters is 1. The van der Waals surface area contributed by atoms with E-state index in [0.29, 0.717) is 16.9 Å². The van der Waals surface area contributed by atoms with Crippen LogP contribution in [0.3, 0.4) is 0 Å². The van der Waals surface area contributed by atoms with Crippen molar-refractivity contribution in [2.45, 2.75) is 86.0 Å². The van der Waals surface area contributed by atoms with Gasteiger partial charge in [0.05, 0.1) is 31.3 Å². The van der Waals surface area contributed by atoms with E-state index >= 15 is 0 Å². The maximum Gasteiger partial charge on any atom is 0.315 e. The first-order valence-electron chi connectivity index (χ1n) is 11.5. The lowest BCUT2D eigenvalue weighted by Crippen LogP contribution is -2.36. The van der Waals surface area contributed by atoms with Crippen LogP contribution in [0.15, 0.2) is 0 Å². The number of nitrogens with one attached hydrogen (secondary N) is 4. The fourth-order valence-corrected chi connectivity index (χ4v) is 7.71. The number of fused-ring (bicyclic) bond motifs is 2. The summed E-state index contributed by atoms with van der Waals surface area (Å²) in [6, 6.07) is 0.957. The van der Waals surface area contributed by atoms with E-state index in [1.54, 1.807) is 0 Å². The number of halogens is 1. The minimum Gasteiger partial charge on any atom is -0.481 e. The second-order valence-electron chi connectivity index (χ2n) is 8.71. The second-order valence-corrected chi connectivity index (χ2v) is 11.2. The number of urea groups is 2. The van der Waals surface area contributed by atoms with Gasteiger partial charge in [-0.2, -0.15) is 23.5 Å². The molecule has 0 aliphatic carbocycles. The summed E-state index contributed by atoms with van der Waals surface area (Å²) in [6.45, 7) is 0. The number of aliphatic carboxylic acids is 1. The van der Waals surface area contributed by atoms with Crippen molar-refractivity contribution >= 4 is 59.9 Å². The fourth-order valence-electron chi connectivity index (χ4n) is 4.62. The van der Waals surface area contributed by atoms with Crippen LogP contribution in [0.1, 0.15) is 51.4 Å². The van der Waals surface area contributed by atoms with Gasteiger partial charge in [0.2, 0.25) is 0 Å². The molecule has 0 spiro atoms. The van der Waals surface area contributed by atoms with Crippen LogP contribution in [0.25, 0.3) is 0 Å². The molecule has 4 aliphatic heterocycles. The first-order valence-corrected chi connectivity index (χ1v) is 13.6. The Bertz CT molecular complexity index is 733. The number of hydrogen-bond donors (Lipinski definition) is 5. The van der Waals surface area contributed by atoms with Crippen molar-refractivity contribution in [3.8, 4) is 0 Å². The topological polar surface area (TPSA) is 146 Å².